The van der Waals surface area contributed by atoms with Gasteiger partial charge in [-0.3, -0.25) is 0 Å². The fourth-order valence-electron chi connectivity index (χ4n) is 1.99. The fraction of sp³-hybridized carbons (Fsp3) is 0.154. The van der Waals surface area contributed by atoms with Crippen molar-refractivity contribution in [1.82, 2.24) is 20.4 Å². The maximum atomic E-state index is 5.77. The number of aromatic nitrogens is 4. The second kappa shape index (κ2) is 4.10. The van der Waals surface area contributed by atoms with Crippen molar-refractivity contribution in [3.8, 4) is 0 Å². The highest BCUT2D eigenvalue weighted by molar-refractivity contribution is 5.76. The number of nitrogens with two attached hydrogens (primary N) is 1. The summed E-state index contributed by atoms with van der Waals surface area (Å²) in [6, 6.07) is 10.3. The van der Waals surface area contributed by atoms with Crippen LogP contribution in [-0.2, 0) is 6.42 Å². The van der Waals surface area contributed by atoms with Crippen molar-refractivity contribution in [2.45, 2.75) is 13.3 Å². The van der Waals surface area contributed by atoms with E-state index in [-0.39, 0.29) is 0 Å². The van der Waals surface area contributed by atoms with E-state index in [9.17, 15) is 0 Å². The maximum Gasteiger partial charge on any atom is 0.178 e. The highest BCUT2D eigenvalue weighted by Crippen LogP contribution is 2.19. The SMILES string of the molecule is Cc1ccc(Cc2cc(N)nc3[nH]nnc23)cc1. The van der Waals surface area contributed by atoms with E-state index < -0.39 is 0 Å². The number of H-pyrrole nitrogens is 1. The molecule has 0 aliphatic heterocycles. The summed E-state index contributed by atoms with van der Waals surface area (Å²) in [6.07, 6.45) is 0.774. The zero-order valence-electron chi connectivity index (χ0n) is 10.0. The summed E-state index contributed by atoms with van der Waals surface area (Å²) in [5.74, 6) is 0.482. The minimum Gasteiger partial charge on any atom is -0.384 e. The van der Waals surface area contributed by atoms with Crippen molar-refractivity contribution < 1.29 is 0 Å². The van der Waals surface area contributed by atoms with Gasteiger partial charge in [-0.2, -0.15) is 0 Å². The molecule has 0 fully saturated rings. The molecule has 0 saturated heterocycles. The van der Waals surface area contributed by atoms with E-state index in [1.54, 1.807) is 0 Å². The molecule has 18 heavy (non-hydrogen) atoms. The molecule has 0 bridgehead atoms. The molecule has 0 radical (unpaired) electrons. The zero-order chi connectivity index (χ0) is 12.5. The molecular weight excluding hydrogens is 226 g/mol. The standard InChI is InChI=1S/C13H13N5/c1-8-2-4-9(5-3-8)6-10-7-11(14)15-13-12(10)16-18-17-13/h2-5,7H,6H2,1H3,(H3,14,15,16,17,18). The predicted molar refractivity (Wildman–Crippen MR) is 70.1 cm³/mol. The van der Waals surface area contributed by atoms with Gasteiger partial charge in [0.25, 0.3) is 0 Å². The Hall–Kier alpha value is -2.43. The Morgan fingerprint density at radius 3 is 2.78 bits per heavy atom. The molecule has 2 heterocycles. The van der Waals surface area contributed by atoms with E-state index in [0.29, 0.717) is 11.5 Å². The average Bonchev–Trinajstić information content (AvgIpc) is 2.80. The number of nitrogen functional groups attached to an aromatic ring is 1. The van der Waals surface area contributed by atoms with Gasteiger partial charge in [-0.1, -0.05) is 35.0 Å². The lowest BCUT2D eigenvalue weighted by atomic mass is 10.0. The third kappa shape index (κ3) is 1.90. The van der Waals surface area contributed by atoms with Gasteiger partial charge in [-0.15, -0.1) is 5.10 Å². The van der Waals surface area contributed by atoms with E-state index in [0.717, 1.165) is 17.5 Å². The van der Waals surface area contributed by atoms with E-state index in [4.69, 9.17) is 5.73 Å². The minimum absolute atomic E-state index is 0.482. The number of nitrogens with one attached hydrogen (secondary N) is 1. The topological polar surface area (TPSA) is 80.5 Å². The number of pyridine rings is 1. The molecule has 1 aromatic carbocycles. The molecule has 0 unspecified atom stereocenters. The Bertz CT molecular complexity index is 684. The Morgan fingerprint density at radius 2 is 2.00 bits per heavy atom. The van der Waals surface area contributed by atoms with Gasteiger partial charge in [0.2, 0.25) is 0 Å². The number of hydrogen-bond acceptors (Lipinski definition) is 4. The van der Waals surface area contributed by atoms with Crippen LogP contribution in [0.3, 0.4) is 0 Å². The molecule has 90 valence electrons. The van der Waals surface area contributed by atoms with Crippen LogP contribution in [0.2, 0.25) is 0 Å². The molecule has 0 spiro atoms. The van der Waals surface area contributed by atoms with Crippen molar-refractivity contribution in [3.05, 3.63) is 47.0 Å². The molecule has 0 aliphatic carbocycles. The second-order valence-electron chi connectivity index (χ2n) is 4.38. The van der Waals surface area contributed by atoms with Crippen molar-refractivity contribution in [3.63, 3.8) is 0 Å². The summed E-state index contributed by atoms with van der Waals surface area (Å²) in [7, 11) is 0. The first-order valence-electron chi connectivity index (χ1n) is 5.74. The molecule has 3 N–H and O–H groups in total. The Kier molecular flexibility index (Phi) is 2.44. The van der Waals surface area contributed by atoms with Gasteiger partial charge in [0, 0.05) is 0 Å². The molecule has 2 aromatic heterocycles. The second-order valence-corrected chi connectivity index (χ2v) is 4.38. The number of nitrogens with zero attached hydrogens (tertiary/aromatic N) is 3. The average molecular weight is 239 g/mol. The first kappa shape index (κ1) is 10.7. The highest BCUT2D eigenvalue weighted by atomic mass is 15.3. The van der Waals surface area contributed by atoms with Gasteiger partial charge in [0.1, 0.15) is 11.3 Å². The van der Waals surface area contributed by atoms with Crippen LogP contribution in [0.25, 0.3) is 11.2 Å². The van der Waals surface area contributed by atoms with E-state index in [1.807, 2.05) is 6.07 Å². The number of rotatable bonds is 2. The normalized spacial score (nSPS) is 10.9. The van der Waals surface area contributed by atoms with Crippen LogP contribution in [0.1, 0.15) is 16.7 Å². The lowest BCUT2D eigenvalue weighted by Crippen LogP contribution is -1.96. The van der Waals surface area contributed by atoms with Gasteiger partial charge in [-0.25, -0.2) is 10.1 Å². The lowest BCUT2D eigenvalue weighted by molar-refractivity contribution is 0.953. The summed E-state index contributed by atoms with van der Waals surface area (Å²) >= 11 is 0. The zero-order valence-corrected chi connectivity index (χ0v) is 10.0. The van der Waals surface area contributed by atoms with Gasteiger partial charge < -0.3 is 5.73 Å². The van der Waals surface area contributed by atoms with Crippen molar-refractivity contribution in [1.29, 1.82) is 0 Å². The van der Waals surface area contributed by atoms with Gasteiger partial charge >= 0.3 is 0 Å². The van der Waals surface area contributed by atoms with Crippen LogP contribution in [-0.4, -0.2) is 20.4 Å². The van der Waals surface area contributed by atoms with Crippen molar-refractivity contribution in [2.24, 2.45) is 0 Å². The lowest BCUT2D eigenvalue weighted by Gasteiger charge is -2.04. The Balaban J connectivity index is 2.03. The molecule has 5 nitrogen and oxygen atoms in total. The molecule has 0 saturated carbocycles. The van der Waals surface area contributed by atoms with Crippen molar-refractivity contribution in [2.75, 3.05) is 5.73 Å². The van der Waals surface area contributed by atoms with Crippen molar-refractivity contribution >= 4 is 17.0 Å². The summed E-state index contributed by atoms with van der Waals surface area (Å²) in [5.41, 5.74) is 10.7. The summed E-state index contributed by atoms with van der Waals surface area (Å²) < 4.78 is 0. The number of fused-ring (bicyclic) bond motifs is 1. The van der Waals surface area contributed by atoms with E-state index >= 15 is 0 Å². The van der Waals surface area contributed by atoms with E-state index in [2.05, 4.69) is 51.6 Å². The van der Waals surface area contributed by atoms with Crippen LogP contribution in [0.4, 0.5) is 5.82 Å². The summed E-state index contributed by atoms with van der Waals surface area (Å²) in [6.45, 7) is 2.07. The first-order chi connectivity index (χ1) is 8.72. The molecule has 0 atom stereocenters. The Labute approximate surface area is 104 Å². The highest BCUT2D eigenvalue weighted by Gasteiger charge is 2.08. The number of anilines is 1. The van der Waals surface area contributed by atoms with Crippen LogP contribution in [0.5, 0.6) is 0 Å². The molecule has 0 aliphatic rings. The largest absolute Gasteiger partial charge is 0.384 e. The summed E-state index contributed by atoms with van der Waals surface area (Å²) in [5, 5.41) is 10.6. The van der Waals surface area contributed by atoms with Crippen LogP contribution >= 0.6 is 0 Å². The Morgan fingerprint density at radius 1 is 1.22 bits per heavy atom. The van der Waals surface area contributed by atoms with Gasteiger partial charge in [0.15, 0.2) is 5.65 Å². The maximum absolute atomic E-state index is 5.77. The third-order valence-corrected chi connectivity index (χ3v) is 2.91. The van der Waals surface area contributed by atoms with Crippen LogP contribution in [0.15, 0.2) is 30.3 Å². The van der Waals surface area contributed by atoms with Crippen LogP contribution in [0, 0.1) is 6.92 Å². The molecule has 5 heteroatoms. The molecular formula is C13H13N5. The van der Waals surface area contributed by atoms with E-state index in [1.165, 1.54) is 11.1 Å². The monoisotopic (exact) mass is 239 g/mol. The van der Waals surface area contributed by atoms with Gasteiger partial charge in [0.05, 0.1) is 0 Å². The summed E-state index contributed by atoms with van der Waals surface area (Å²) in [4.78, 5) is 4.15. The quantitative estimate of drug-likeness (QED) is 0.715. The molecule has 0 amide bonds. The number of aryl methyl sites for hydroxylation is 1. The first-order valence-corrected chi connectivity index (χ1v) is 5.74. The molecule has 3 rings (SSSR count). The minimum atomic E-state index is 0.482. The number of aromatic amines is 1. The predicted octanol–water partition coefficient (Wildman–Crippen LogP) is 1.83. The van der Waals surface area contributed by atoms with Crippen LogP contribution < -0.4 is 5.73 Å². The number of benzene rings is 1. The number of hydrogen-bond donors (Lipinski definition) is 2. The molecule has 3 aromatic rings. The smallest absolute Gasteiger partial charge is 0.178 e. The fourth-order valence-corrected chi connectivity index (χ4v) is 1.99. The third-order valence-electron chi connectivity index (χ3n) is 2.91. The van der Waals surface area contributed by atoms with Gasteiger partial charge in [-0.05, 0) is 30.5 Å².